The van der Waals surface area contributed by atoms with E-state index in [1.54, 1.807) is 18.2 Å². The number of rotatable bonds is 2. The van der Waals surface area contributed by atoms with Crippen molar-refractivity contribution in [2.24, 2.45) is 0 Å². The molecule has 1 aromatic carbocycles. The molecule has 0 aliphatic carbocycles. The standard InChI is InChI=1S/C12H10Cl2OS/c1-7-5-6-16-12(7)11(15)8-3-2-4-9(13)10(8)14/h2-6,11,15H,1H3. The van der Waals surface area contributed by atoms with Crippen LogP contribution in [0.4, 0.5) is 0 Å². The van der Waals surface area contributed by atoms with Crippen LogP contribution in [0.3, 0.4) is 0 Å². The van der Waals surface area contributed by atoms with E-state index in [-0.39, 0.29) is 0 Å². The van der Waals surface area contributed by atoms with Gasteiger partial charge in [-0.2, -0.15) is 0 Å². The molecule has 2 rings (SSSR count). The predicted octanol–water partition coefficient (Wildman–Crippen LogP) is 4.45. The number of aliphatic hydroxyl groups is 1. The van der Waals surface area contributed by atoms with Crippen molar-refractivity contribution in [2.75, 3.05) is 0 Å². The molecule has 2 aromatic rings. The van der Waals surface area contributed by atoms with Gasteiger partial charge in [-0.25, -0.2) is 0 Å². The van der Waals surface area contributed by atoms with Gasteiger partial charge in [-0.3, -0.25) is 0 Å². The maximum absolute atomic E-state index is 10.2. The van der Waals surface area contributed by atoms with Gasteiger partial charge in [0.25, 0.3) is 0 Å². The van der Waals surface area contributed by atoms with Crippen LogP contribution < -0.4 is 0 Å². The summed E-state index contributed by atoms with van der Waals surface area (Å²) in [7, 11) is 0. The number of hydrogen-bond donors (Lipinski definition) is 1. The molecule has 16 heavy (non-hydrogen) atoms. The third-order valence-corrected chi connectivity index (χ3v) is 4.33. The summed E-state index contributed by atoms with van der Waals surface area (Å²) in [4.78, 5) is 0.907. The third-order valence-electron chi connectivity index (χ3n) is 2.43. The molecule has 84 valence electrons. The van der Waals surface area contributed by atoms with Gasteiger partial charge in [0.2, 0.25) is 0 Å². The van der Waals surface area contributed by atoms with Gasteiger partial charge < -0.3 is 5.11 Å². The van der Waals surface area contributed by atoms with Crippen molar-refractivity contribution in [2.45, 2.75) is 13.0 Å². The Hall–Kier alpha value is -0.540. The summed E-state index contributed by atoms with van der Waals surface area (Å²) in [6, 6.07) is 7.26. The molecule has 4 heteroatoms. The van der Waals surface area contributed by atoms with Gasteiger partial charge in [0.1, 0.15) is 6.10 Å². The number of thiophene rings is 1. The van der Waals surface area contributed by atoms with Crippen molar-refractivity contribution in [3.8, 4) is 0 Å². The van der Waals surface area contributed by atoms with E-state index in [1.165, 1.54) is 11.3 Å². The number of benzene rings is 1. The van der Waals surface area contributed by atoms with Crippen LogP contribution >= 0.6 is 34.5 Å². The maximum atomic E-state index is 10.2. The molecule has 1 nitrogen and oxygen atoms in total. The van der Waals surface area contributed by atoms with Gasteiger partial charge in [0.05, 0.1) is 10.0 Å². The normalized spacial score (nSPS) is 12.8. The molecule has 1 heterocycles. The average Bonchev–Trinajstić information content (AvgIpc) is 2.68. The molecule has 0 aliphatic heterocycles. The van der Waals surface area contributed by atoms with Crippen molar-refractivity contribution in [1.82, 2.24) is 0 Å². The highest BCUT2D eigenvalue weighted by Crippen LogP contribution is 2.35. The second kappa shape index (κ2) is 4.76. The lowest BCUT2D eigenvalue weighted by molar-refractivity contribution is 0.223. The highest BCUT2D eigenvalue weighted by atomic mass is 35.5. The van der Waals surface area contributed by atoms with E-state index in [9.17, 15) is 5.11 Å². The highest BCUT2D eigenvalue weighted by molar-refractivity contribution is 7.10. The zero-order valence-electron chi connectivity index (χ0n) is 8.58. The fourth-order valence-electron chi connectivity index (χ4n) is 1.54. The Morgan fingerprint density at radius 2 is 2.00 bits per heavy atom. The molecular formula is C12H10Cl2OS. The summed E-state index contributed by atoms with van der Waals surface area (Å²) in [6.07, 6.45) is -0.703. The lowest BCUT2D eigenvalue weighted by atomic mass is 10.1. The fraction of sp³-hybridized carbons (Fsp3) is 0.167. The first-order valence-corrected chi connectivity index (χ1v) is 6.40. The Morgan fingerprint density at radius 3 is 2.62 bits per heavy atom. The van der Waals surface area contributed by atoms with Crippen LogP contribution in [0.2, 0.25) is 10.0 Å². The van der Waals surface area contributed by atoms with Crippen LogP contribution in [0.1, 0.15) is 22.1 Å². The molecule has 1 atom stereocenters. The summed E-state index contributed by atoms with van der Waals surface area (Å²) in [5.41, 5.74) is 1.72. The van der Waals surface area contributed by atoms with Gasteiger partial charge in [-0.05, 0) is 30.0 Å². The molecule has 0 saturated carbocycles. The van der Waals surface area contributed by atoms with Crippen molar-refractivity contribution in [1.29, 1.82) is 0 Å². The van der Waals surface area contributed by atoms with Crippen LogP contribution in [-0.2, 0) is 0 Å². The van der Waals surface area contributed by atoms with E-state index in [2.05, 4.69) is 0 Å². The minimum atomic E-state index is -0.703. The first kappa shape index (κ1) is 11.9. The molecule has 0 fully saturated rings. The second-order valence-electron chi connectivity index (χ2n) is 3.51. The largest absolute Gasteiger partial charge is 0.383 e. The molecule has 0 radical (unpaired) electrons. The number of aryl methyl sites for hydroxylation is 1. The predicted molar refractivity (Wildman–Crippen MR) is 69.6 cm³/mol. The Labute approximate surface area is 108 Å². The van der Waals surface area contributed by atoms with E-state index in [0.717, 1.165) is 10.4 Å². The zero-order chi connectivity index (χ0) is 11.7. The molecule has 1 N–H and O–H groups in total. The van der Waals surface area contributed by atoms with Gasteiger partial charge in [0.15, 0.2) is 0 Å². The Morgan fingerprint density at radius 1 is 1.25 bits per heavy atom. The van der Waals surface area contributed by atoms with E-state index in [4.69, 9.17) is 23.2 Å². The lowest BCUT2D eigenvalue weighted by Crippen LogP contribution is -1.99. The molecule has 0 amide bonds. The number of aliphatic hydroxyl groups excluding tert-OH is 1. The summed E-state index contributed by atoms with van der Waals surface area (Å²) in [5.74, 6) is 0. The Kier molecular flexibility index (Phi) is 3.55. The average molecular weight is 273 g/mol. The summed E-state index contributed by atoms with van der Waals surface area (Å²) in [6.45, 7) is 1.97. The van der Waals surface area contributed by atoms with Crippen LogP contribution in [0.25, 0.3) is 0 Å². The molecule has 0 saturated heterocycles. The van der Waals surface area contributed by atoms with Gasteiger partial charge in [-0.15, -0.1) is 11.3 Å². The molecule has 0 aliphatic rings. The fourth-order valence-corrected chi connectivity index (χ4v) is 2.88. The molecule has 1 aromatic heterocycles. The van der Waals surface area contributed by atoms with Crippen molar-refractivity contribution in [3.05, 3.63) is 55.7 Å². The molecule has 1 unspecified atom stereocenters. The summed E-state index contributed by atoms with van der Waals surface area (Å²) in [5, 5.41) is 13.1. The maximum Gasteiger partial charge on any atom is 0.115 e. The molecule has 0 bridgehead atoms. The van der Waals surface area contributed by atoms with E-state index in [1.807, 2.05) is 18.4 Å². The van der Waals surface area contributed by atoms with Crippen LogP contribution in [-0.4, -0.2) is 5.11 Å². The lowest BCUT2D eigenvalue weighted by Gasteiger charge is -2.13. The summed E-state index contributed by atoms with van der Waals surface area (Å²) >= 11 is 13.5. The number of halogens is 2. The van der Waals surface area contributed by atoms with Crippen LogP contribution in [0.15, 0.2) is 29.6 Å². The first-order chi connectivity index (χ1) is 7.61. The minimum absolute atomic E-state index is 0.421. The van der Waals surface area contributed by atoms with Gasteiger partial charge in [-0.1, -0.05) is 35.3 Å². The SMILES string of the molecule is Cc1ccsc1C(O)c1cccc(Cl)c1Cl. The third kappa shape index (κ3) is 2.11. The monoisotopic (exact) mass is 272 g/mol. The quantitative estimate of drug-likeness (QED) is 0.857. The van der Waals surface area contributed by atoms with E-state index in [0.29, 0.717) is 15.6 Å². The zero-order valence-corrected chi connectivity index (χ0v) is 10.9. The van der Waals surface area contributed by atoms with Crippen molar-refractivity contribution >= 4 is 34.5 Å². The van der Waals surface area contributed by atoms with Gasteiger partial charge in [0, 0.05) is 10.4 Å². The molecule has 0 spiro atoms. The van der Waals surface area contributed by atoms with E-state index >= 15 is 0 Å². The number of hydrogen-bond acceptors (Lipinski definition) is 2. The first-order valence-electron chi connectivity index (χ1n) is 4.77. The highest BCUT2D eigenvalue weighted by Gasteiger charge is 2.18. The van der Waals surface area contributed by atoms with Crippen LogP contribution in [0, 0.1) is 6.92 Å². The smallest absolute Gasteiger partial charge is 0.115 e. The van der Waals surface area contributed by atoms with E-state index < -0.39 is 6.10 Å². The topological polar surface area (TPSA) is 20.2 Å². The Balaban J connectivity index is 2.46. The summed E-state index contributed by atoms with van der Waals surface area (Å²) < 4.78 is 0. The van der Waals surface area contributed by atoms with Crippen molar-refractivity contribution in [3.63, 3.8) is 0 Å². The Bertz CT molecular complexity index is 507. The van der Waals surface area contributed by atoms with Crippen LogP contribution in [0.5, 0.6) is 0 Å². The molecular weight excluding hydrogens is 263 g/mol. The second-order valence-corrected chi connectivity index (χ2v) is 5.25. The minimum Gasteiger partial charge on any atom is -0.383 e. The van der Waals surface area contributed by atoms with Gasteiger partial charge >= 0.3 is 0 Å². The van der Waals surface area contributed by atoms with Crippen molar-refractivity contribution < 1.29 is 5.11 Å².